The van der Waals surface area contributed by atoms with Crippen LogP contribution in [0.15, 0.2) is 4.99 Å². The van der Waals surface area contributed by atoms with E-state index < -0.39 is 0 Å². The molecule has 2 fully saturated rings. The van der Waals surface area contributed by atoms with Gasteiger partial charge >= 0.3 is 0 Å². The van der Waals surface area contributed by atoms with Crippen molar-refractivity contribution >= 4 is 5.96 Å². The van der Waals surface area contributed by atoms with Gasteiger partial charge in [-0.1, -0.05) is 26.2 Å². The first-order chi connectivity index (χ1) is 8.72. The molecule has 2 aliphatic rings. The molecule has 1 heterocycles. The molecule has 4 nitrogen and oxygen atoms in total. The van der Waals surface area contributed by atoms with E-state index in [1.807, 2.05) is 0 Å². The zero-order chi connectivity index (χ0) is 13.0. The maximum atomic E-state index is 5.71. The summed E-state index contributed by atoms with van der Waals surface area (Å²) in [4.78, 5) is 7.23. The molecule has 18 heavy (non-hydrogen) atoms. The Hall–Kier alpha value is -0.770. The van der Waals surface area contributed by atoms with Crippen molar-refractivity contribution in [1.82, 2.24) is 10.3 Å². The minimum atomic E-state index is 0.481. The second-order valence-electron chi connectivity index (χ2n) is 5.94. The number of guanidine groups is 1. The summed E-state index contributed by atoms with van der Waals surface area (Å²) >= 11 is 0. The van der Waals surface area contributed by atoms with Gasteiger partial charge < -0.3 is 4.90 Å². The molecular formula is C14H28N4. The van der Waals surface area contributed by atoms with Crippen LogP contribution in [0.1, 0.15) is 58.8 Å². The number of piperidine rings is 1. The van der Waals surface area contributed by atoms with Crippen LogP contribution in [0.5, 0.6) is 0 Å². The molecule has 4 heteroatoms. The Morgan fingerprint density at radius 3 is 2.50 bits per heavy atom. The molecule has 0 radical (unpaired) electrons. The Kier molecular flexibility index (Phi) is 4.87. The number of aliphatic imine (C=N–C) groups is 1. The van der Waals surface area contributed by atoms with Gasteiger partial charge in [0.2, 0.25) is 5.96 Å². The van der Waals surface area contributed by atoms with Crippen molar-refractivity contribution in [3.05, 3.63) is 0 Å². The summed E-state index contributed by atoms with van der Waals surface area (Å²) in [6, 6.07) is 1.02. The normalized spacial score (nSPS) is 31.5. The number of hydrogen-bond donors (Lipinski definition) is 2. The van der Waals surface area contributed by atoms with E-state index in [-0.39, 0.29) is 0 Å². The number of nitrogens with one attached hydrogen (secondary N) is 1. The Balaban J connectivity index is 2.04. The number of nitrogens with zero attached hydrogens (tertiary/aromatic N) is 2. The minimum Gasteiger partial charge on any atom is -0.339 e. The zero-order valence-corrected chi connectivity index (χ0v) is 11.9. The minimum absolute atomic E-state index is 0.481. The lowest BCUT2D eigenvalue weighted by molar-refractivity contribution is 0.185. The van der Waals surface area contributed by atoms with Crippen LogP contribution >= 0.6 is 0 Å². The molecule has 0 aromatic heterocycles. The summed E-state index contributed by atoms with van der Waals surface area (Å²) in [5.74, 6) is 7.35. The fraction of sp³-hybridized carbons (Fsp3) is 0.929. The first-order valence-corrected chi connectivity index (χ1v) is 7.53. The van der Waals surface area contributed by atoms with Gasteiger partial charge in [0.1, 0.15) is 0 Å². The second-order valence-corrected chi connectivity index (χ2v) is 5.94. The molecule has 0 aromatic rings. The molecule has 1 saturated heterocycles. The van der Waals surface area contributed by atoms with Crippen LogP contribution in [0.3, 0.4) is 0 Å². The Bertz CT molecular complexity index is 284. The molecule has 1 saturated carbocycles. The number of hydrazine groups is 1. The summed E-state index contributed by atoms with van der Waals surface area (Å²) in [5.41, 5.74) is 2.85. The van der Waals surface area contributed by atoms with E-state index in [1.54, 1.807) is 0 Å². The smallest absolute Gasteiger partial charge is 0.208 e. The average Bonchev–Trinajstić information content (AvgIpc) is 2.41. The van der Waals surface area contributed by atoms with Crippen LogP contribution in [0, 0.1) is 5.92 Å². The molecule has 0 bridgehead atoms. The van der Waals surface area contributed by atoms with E-state index in [4.69, 9.17) is 10.8 Å². The second kappa shape index (κ2) is 6.41. The van der Waals surface area contributed by atoms with Gasteiger partial charge in [0.15, 0.2) is 0 Å². The van der Waals surface area contributed by atoms with Crippen LogP contribution in [0.2, 0.25) is 0 Å². The van der Waals surface area contributed by atoms with Gasteiger partial charge in [-0.15, -0.1) is 0 Å². The molecule has 0 amide bonds. The van der Waals surface area contributed by atoms with Crippen molar-refractivity contribution < 1.29 is 0 Å². The van der Waals surface area contributed by atoms with Crippen LogP contribution < -0.4 is 11.3 Å². The van der Waals surface area contributed by atoms with Crippen molar-refractivity contribution in [2.45, 2.75) is 70.9 Å². The van der Waals surface area contributed by atoms with Crippen LogP contribution in [-0.4, -0.2) is 29.5 Å². The molecule has 3 N–H and O–H groups in total. The fourth-order valence-corrected chi connectivity index (χ4v) is 3.21. The number of hydrogen-bond acceptors (Lipinski definition) is 2. The van der Waals surface area contributed by atoms with Crippen molar-refractivity contribution in [3.8, 4) is 0 Å². The molecule has 2 unspecified atom stereocenters. The molecule has 0 aromatic carbocycles. The van der Waals surface area contributed by atoms with E-state index >= 15 is 0 Å². The Morgan fingerprint density at radius 1 is 1.11 bits per heavy atom. The third-order valence-electron chi connectivity index (χ3n) is 4.65. The van der Waals surface area contributed by atoms with Gasteiger partial charge in [-0.05, 0) is 38.5 Å². The molecular weight excluding hydrogens is 224 g/mol. The fourth-order valence-electron chi connectivity index (χ4n) is 3.21. The molecule has 2 atom stereocenters. The SMILES string of the molecule is CC1CCCN(C(=NC2CCCCC2)NN)C1C. The molecule has 2 rings (SSSR count). The standard InChI is InChI=1S/C14H28N4/c1-11-7-6-10-18(12(11)2)14(17-15)16-13-8-4-3-5-9-13/h11-13H,3-10,15H2,1-2H3,(H,16,17). The lowest BCUT2D eigenvalue weighted by Crippen LogP contribution is -2.53. The van der Waals surface area contributed by atoms with Crippen LogP contribution in [0.4, 0.5) is 0 Å². The first-order valence-electron chi connectivity index (χ1n) is 7.53. The van der Waals surface area contributed by atoms with E-state index in [0.29, 0.717) is 12.1 Å². The topological polar surface area (TPSA) is 53.6 Å². The van der Waals surface area contributed by atoms with E-state index in [1.165, 1.54) is 44.9 Å². The number of rotatable bonds is 1. The molecule has 0 spiro atoms. The highest BCUT2D eigenvalue weighted by molar-refractivity contribution is 5.80. The quantitative estimate of drug-likeness (QED) is 0.326. The average molecular weight is 252 g/mol. The van der Waals surface area contributed by atoms with Crippen molar-refractivity contribution in [2.75, 3.05) is 6.54 Å². The Labute approximate surface area is 111 Å². The van der Waals surface area contributed by atoms with Gasteiger partial charge in [-0.2, -0.15) is 0 Å². The summed E-state index contributed by atoms with van der Waals surface area (Å²) in [7, 11) is 0. The van der Waals surface area contributed by atoms with E-state index in [9.17, 15) is 0 Å². The maximum absolute atomic E-state index is 5.71. The van der Waals surface area contributed by atoms with Crippen molar-refractivity contribution in [1.29, 1.82) is 0 Å². The van der Waals surface area contributed by atoms with E-state index in [0.717, 1.165) is 18.4 Å². The number of nitrogens with two attached hydrogens (primary N) is 1. The largest absolute Gasteiger partial charge is 0.339 e. The van der Waals surface area contributed by atoms with Gasteiger partial charge in [0.05, 0.1) is 6.04 Å². The molecule has 1 aliphatic carbocycles. The van der Waals surface area contributed by atoms with Crippen LogP contribution in [-0.2, 0) is 0 Å². The summed E-state index contributed by atoms with van der Waals surface area (Å²) < 4.78 is 0. The van der Waals surface area contributed by atoms with Gasteiger partial charge in [-0.25, -0.2) is 10.8 Å². The van der Waals surface area contributed by atoms with Crippen LogP contribution in [0.25, 0.3) is 0 Å². The predicted octanol–water partition coefficient (Wildman–Crippen LogP) is 2.26. The lowest BCUT2D eigenvalue weighted by atomic mass is 9.92. The highest BCUT2D eigenvalue weighted by atomic mass is 15.4. The molecule has 104 valence electrons. The van der Waals surface area contributed by atoms with Gasteiger partial charge in [-0.3, -0.25) is 5.43 Å². The summed E-state index contributed by atoms with van der Waals surface area (Å²) in [6.07, 6.45) is 9.02. The van der Waals surface area contributed by atoms with Crippen molar-refractivity contribution in [2.24, 2.45) is 16.8 Å². The summed E-state index contributed by atoms with van der Waals surface area (Å²) in [6.45, 7) is 5.70. The predicted molar refractivity (Wildman–Crippen MR) is 76.2 cm³/mol. The van der Waals surface area contributed by atoms with E-state index in [2.05, 4.69) is 24.2 Å². The third kappa shape index (κ3) is 3.16. The van der Waals surface area contributed by atoms with Gasteiger partial charge in [0, 0.05) is 12.6 Å². The monoisotopic (exact) mass is 252 g/mol. The Morgan fingerprint density at radius 2 is 1.83 bits per heavy atom. The first kappa shape index (κ1) is 13.7. The highest BCUT2D eigenvalue weighted by Gasteiger charge is 2.27. The highest BCUT2D eigenvalue weighted by Crippen LogP contribution is 2.24. The van der Waals surface area contributed by atoms with Crippen molar-refractivity contribution in [3.63, 3.8) is 0 Å². The zero-order valence-electron chi connectivity index (χ0n) is 11.9. The number of likely N-dealkylation sites (tertiary alicyclic amines) is 1. The third-order valence-corrected chi connectivity index (χ3v) is 4.65. The summed E-state index contributed by atoms with van der Waals surface area (Å²) in [5, 5.41) is 0. The van der Waals surface area contributed by atoms with Gasteiger partial charge in [0.25, 0.3) is 0 Å². The molecule has 1 aliphatic heterocycles. The lowest BCUT2D eigenvalue weighted by Gasteiger charge is -2.40. The maximum Gasteiger partial charge on any atom is 0.208 e.